The van der Waals surface area contributed by atoms with E-state index in [1.807, 2.05) is 6.08 Å². The summed E-state index contributed by atoms with van der Waals surface area (Å²) in [6, 6.07) is 0.814. The molecule has 0 aromatic heterocycles. The van der Waals surface area contributed by atoms with Crippen molar-refractivity contribution in [3.05, 3.63) is 12.7 Å². The van der Waals surface area contributed by atoms with Crippen molar-refractivity contribution in [2.24, 2.45) is 17.3 Å². The van der Waals surface area contributed by atoms with E-state index in [-0.39, 0.29) is 0 Å². The van der Waals surface area contributed by atoms with Gasteiger partial charge >= 0.3 is 0 Å². The smallest absolute Gasteiger partial charge is 0.00666 e. The predicted octanol–water partition coefficient (Wildman–Crippen LogP) is 6.06. The SMILES string of the molecule is C=CC(C)C(C)(C)C.CCC.CNC1CCCC(C)C1. The maximum Gasteiger partial charge on any atom is 0.00666 e. The van der Waals surface area contributed by atoms with Gasteiger partial charge in [-0.15, -0.1) is 6.58 Å². The Morgan fingerprint density at radius 2 is 1.75 bits per heavy atom. The Bertz CT molecular complexity index is 214. The Balaban J connectivity index is 0. The molecule has 1 rings (SSSR count). The highest BCUT2D eigenvalue weighted by Crippen LogP contribution is 2.25. The van der Waals surface area contributed by atoms with Crippen LogP contribution in [0.3, 0.4) is 0 Å². The van der Waals surface area contributed by atoms with Crippen molar-refractivity contribution < 1.29 is 0 Å². The normalized spacial score (nSPS) is 23.6. The predicted molar refractivity (Wildman–Crippen MR) is 95.3 cm³/mol. The topological polar surface area (TPSA) is 12.0 Å². The van der Waals surface area contributed by atoms with Gasteiger partial charge in [0.2, 0.25) is 0 Å². The Morgan fingerprint density at radius 1 is 1.25 bits per heavy atom. The number of rotatable bonds is 2. The molecule has 3 atom stereocenters. The Morgan fingerprint density at radius 3 is 1.95 bits per heavy atom. The first-order chi connectivity index (χ1) is 9.22. The standard InChI is InChI=1S/C8H17N.C8H16.C3H8/c1-7-4-3-5-8(6-7)9-2;1-6-7(2)8(3,4)5;1-3-2/h7-9H,3-6H2,1-2H3;6-7H,1H2,2-5H3;3H2,1-2H3. The summed E-state index contributed by atoms with van der Waals surface area (Å²) < 4.78 is 0. The zero-order valence-electron chi connectivity index (χ0n) is 15.6. The second-order valence-electron chi connectivity index (χ2n) is 7.35. The summed E-state index contributed by atoms with van der Waals surface area (Å²) in [6.07, 6.45) is 8.89. The summed E-state index contributed by atoms with van der Waals surface area (Å²) in [6.45, 7) is 19.2. The molecular weight excluding hydrogens is 242 g/mol. The average molecular weight is 284 g/mol. The lowest BCUT2D eigenvalue weighted by Crippen LogP contribution is -2.30. The van der Waals surface area contributed by atoms with Crippen LogP contribution >= 0.6 is 0 Å². The molecular formula is C19H41N. The summed E-state index contributed by atoms with van der Waals surface area (Å²) in [5.74, 6) is 1.57. The van der Waals surface area contributed by atoms with E-state index in [9.17, 15) is 0 Å². The first kappa shape index (κ1) is 22.0. The molecule has 1 heteroatoms. The van der Waals surface area contributed by atoms with E-state index in [1.54, 1.807) is 0 Å². The molecule has 1 fully saturated rings. The maximum absolute atomic E-state index is 3.73. The monoisotopic (exact) mass is 283 g/mol. The molecule has 0 heterocycles. The third-order valence-corrected chi connectivity index (χ3v) is 4.06. The van der Waals surface area contributed by atoms with Crippen LogP contribution in [-0.4, -0.2) is 13.1 Å². The summed E-state index contributed by atoms with van der Waals surface area (Å²) >= 11 is 0. The number of hydrogen-bond donors (Lipinski definition) is 1. The van der Waals surface area contributed by atoms with Crippen molar-refractivity contribution >= 4 is 0 Å². The van der Waals surface area contributed by atoms with Crippen molar-refractivity contribution in [2.45, 2.75) is 86.6 Å². The van der Waals surface area contributed by atoms with Crippen molar-refractivity contribution in [3.8, 4) is 0 Å². The zero-order chi connectivity index (χ0) is 16.2. The van der Waals surface area contributed by atoms with Gasteiger partial charge in [0.15, 0.2) is 0 Å². The van der Waals surface area contributed by atoms with Gasteiger partial charge in [-0.05, 0) is 37.1 Å². The van der Waals surface area contributed by atoms with Crippen molar-refractivity contribution in [1.82, 2.24) is 5.32 Å². The quantitative estimate of drug-likeness (QED) is 0.608. The van der Waals surface area contributed by atoms with Crippen molar-refractivity contribution in [2.75, 3.05) is 7.05 Å². The molecule has 3 unspecified atom stereocenters. The van der Waals surface area contributed by atoms with Crippen LogP contribution in [0.4, 0.5) is 0 Å². The minimum Gasteiger partial charge on any atom is -0.317 e. The van der Waals surface area contributed by atoms with Gasteiger partial charge in [-0.3, -0.25) is 0 Å². The molecule has 20 heavy (non-hydrogen) atoms. The molecule has 0 aliphatic heterocycles. The van der Waals surface area contributed by atoms with Gasteiger partial charge in [-0.2, -0.15) is 0 Å². The summed E-state index contributed by atoms with van der Waals surface area (Å²) in [4.78, 5) is 0. The lowest BCUT2D eigenvalue weighted by molar-refractivity contribution is 0.314. The van der Waals surface area contributed by atoms with Gasteiger partial charge in [0.25, 0.3) is 0 Å². The van der Waals surface area contributed by atoms with Gasteiger partial charge in [-0.25, -0.2) is 0 Å². The Hall–Kier alpha value is -0.300. The maximum atomic E-state index is 3.73. The van der Waals surface area contributed by atoms with Crippen LogP contribution in [0.25, 0.3) is 0 Å². The number of allylic oxidation sites excluding steroid dienone is 1. The van der Waals surface area contributed by atoms with Crippen LogP contribution < -0.4 is 5.32 Å². The third-order valence-electron chi connectivity index (χ3n) is 4.06. The first-order valence-corrected chi connectivity index (χ1v) is 8.52. The van der Waals surface area contributed by atoms with Crippen LogP contribution in [0.2, 0.25) is 0 Å². The zero-order valence-corrected chi connectivity index (χ0v) is 15.6. The fourth-order valence-electron chi connectivity index (χ4n) is 2.05. The molecule has 1 saturated carbocycles. The minimum absolute atomic E-state index is 0.391. The van der Waals surface area contributed by atoms with E-state index in [0.29, 0.717) is 11.3 Å². The molecule has 1 aliphatic rings. The van der Waals surface area contributed by atoms with Crippen LogP contribution in [-0.2, 0) is 0 Å². The molecule has 0 bridgehead atoms. The highest BCUT2D eigenvalue weighted by atomic mass is 14.9. The van der Waals surface area contributed by atoms with Crippen LogP contribution in [0.5, 0.6) is 0 Å². The Kier molecular flexibility index (Phi) is 13.7. The molecule has 0 radical (unpaired) electrons. The lowest BCUT2D eigenvalue weighted by Gasteiger charge is -2.25. The highest BCUT2D eigenvalue weighted by Gasteiger charge is 2.16. The largest absolute Gasteiger partial charge is 0.317 e. The molecule has 1 N–H and O–H groups in total. The molecule has 0 amide bonds. The van der Waals surface area contributed by atoms with Crippen LogP contribution in [0, 0.1) is 17.3 Å². The van der Waals surface area contributed by atoms with Crippen molar-refractivity contribution in [1.29, 1.82) is 0 Å². The molecule has 0 spiro atoms. The highest BCUT2D eigenvalue weighted by molar-refractivity contribution is 4.83. The van der Waals surface area contributed by atoms with E-state index in [2.05, 4.69) is 67.4 Å². The molecule has 0 aromatic rings. The fourth-order valence-corrected chi connectivity index (χ4v) is 2.05. The summed E-state index contributed by atoms with van der Waals surface area (Å²) in [7, 11) is 2.07. The molecule has 0 saturated heterocycles. The van der Waals surface area contributed by atoms with Crippen LogP contribution in [0.15, 0.2) is 12.7 Å². The first-order valence-electron chi connectivity index (χ1n) is 8.52. The van der Waals surface area contributed by atoms with Gasteiger partial charge in [-0.1, -0.05) is 73.8 Å². The van der Waals surface area contributed by atoms with E-state index in [1.165, 1.54) is 32.1 Å². The molecule has 122 valence electrons. The molecule has 1 nitrogen and oxygen atoms in total. The summed E-state index contributed by atoms with van der Waals surface area (Å²) in [5.41, 5.74) is 0.391. The number of nitrogens with one attached hydrogen (secondary N) is 1. The van der Waals surface area contributed by atoms with E-state index < -0.39 is 0 Å². The average Bonchev–Trinajstić information content (AvgIpc) is 2.38. The van der Waals surface area contributed by atoms with Gasteiger partial charge in [0, 0.05) is 6.04 Å². The minimum atomic E-state index is 0.391. The van der Waals surface area contributed by atoms with Gasteiger partial charge < -0.3 is 5.32 Å². The second-order valence-corrected chi connectivity index (χ2v) is 7.35. The lowest BCUT2D eigenvalue weighted by atomic mass is 9.82. The van der Waals surface area contributed by atoms with E-state index >= 15 is 0 Å². The molecule has 0 aromatic carbocycles. The number of hydrogen-bond acceptors (Lipinski definition) is 1. The van der Waals surface area contributed by atoms with Crippen molar-refractivity contribution in [3.63, 3.8) is 0 Å². The third kappa shape index (κ3) is 12.7. The summed E-state index contributed by atoms with van der Waals surface area (Å²) in [5, 5.41) is 3.33. The van der Waals surface area contributed by atoms with Crippen LogP contribution in [0.1, 0.15) is 80.6 Å². The second kappa shape index (κ2) is 12.4. The molecule has 1 aliphatic carbocycles. The Labute approximate surface area is 129 Å². The fraction of sp³-hybridized carbons (Fsp3) is 0.895. The van der Waals surface area contributed by atoms with E-state index in [4.69, 9.17) is 0 Å². The van der Waals surface area contributed by atoms with Gasteiger partial charge in [0.1, 0.15) is 0 Å². The van der Waals surface area contributed by atoms with E-state index in [0.717, 1.165) is 12.0 Å². The van der Waals surface area contributed by atoms with Gasteiger partial charge in [0.05, 0.1) is 0 Å².